The Labute approximate surface area is 116 Å². The van der Waals surface area contributed by atoms with Crippen LogP contribution in [0.5, 0.6) is 0 Å². The maximum Gasteiger partial charge on any atom is 0.0749 e. The highest BCUT2D eigenvalue weighted by molar-refractivity contribution is 8.92. The second kappa shape index (κ2) is 6.53. The zero-order valence-electron chi connectivity index (χ0n) is 10.8. The van der Waals surface area contributed by atoms with Gasteiger partial charge in [-0.05, 0) is 43.2 Å². The van der Waals surface area contributed by atoms with Crippen LogP contribution in [-0.4, -0.2) is 22.1 Å². The molecule has 0 nitrogen and oxygen atoms in total. The first kappa shape index (κ1) is 13.1. The van der Waals surface area contributed by atoms with Gasteiger partial charge in [-0.2, -0.15) is 0 Å². The first-order chi connectivity index (χ1) is 8.43. The third kappa shape index (κ3) is 3.80. The van der Waals surface area contributed by atoms with Crippen LogP contribution in [0, 0.1) is 0 Å². The summed E-state index contributed by atoms with van der Waals surface area (Å²) in [4.78, 5) is 0. The van der Waals surface area contributed by atoms with Gasteiger partial charge in [0.15, 0.2) is 0 Å². The Morgan fingerprint density at radius 3 is 1.59 bits per heavy atom. The molecule has 0 bridgehead atoms. The third-order valence-electron chi connectivity index (χ3n) is 4.68. The summed E-state index contributed by atoms with van der Waals surface area (Å²) in [5, 5.41) is 0. The van der Waals surface area contributed by atoms with Crippen molar-refractivity contribution in [2.75, 3.05) is 6.16 Å². The molecule has 0 aromatic rings. The van der Waals surface area contributed by atoms with E-state index in [4.69, 9.17) is 0 Å². The van der Waals surface area contributed by atoms with Crippen molar-refractivity contribution >= 4 is 29.5 Å². The van der Waals surface area contributed by atoms with E-state index in [0.29, 0.717) is 7.92 Å². The van der Waals surface area contributed by atoms with Crippen LogP contribution in [-0.2, 0) is 0 Å². The van der Waals surface area contributed by atoms with Crippen LogP contribution in [0.15, 0.2) is 0 Å². The third-order valence-corrected chi connectivity index (χ3v) is 11.1. The van der Waals surface area contributed by atoms with Crippen molar-refractivity contribution in [1.29, 1.82) is 0 Å². The van der Waals surface area contributed by atoms with Gasteiger partial charge in [0, 0.05) is 0 Å². The SMILES string of the molecule is C1CCC(P(CC2SS2)C2CCCCC2)CC1. The standard InChI is InChI=1S/C14H25PS2/c1-3-7-12(8-4-1)15(11-14-16-17-14)13-9-5-2-6-10-13/h12-14H,1-11H2. The average molecular weight is 288 g/mol. The Bertz CT molecular complexity index is 212. The van der Waals surface area contributed by atoms with Crippen molar-refractivity contribution in [2.45, 2.75) is 80.1 Å². The molecule has 0 unspecified atom stereocenters. The van der Waals surface area contributed by atoms with E-state index in [9.17, 15) is 0 Å². The van der Waals surface area contributed by atoms with Gasteiger partial charge in [-0.3, -0.25) is 0 Å². The Morgan fingerprint density at radius 1 is 0.706 bits per heavy atom. The highest BCUT2D eigenvalue weighted by atomic mass is 33.2. The second-order valence-electron chi connectivity index (χ2n) is 5.90. The second-order valence-corrected chi connectivity index (χ2v) is 11.7. The number of rotatable bonds is 4. The van der Waals surface area contributed by atoms with E-state index in [0.717, 1.165) is 4.58 Å². The molecular formula is C14H25PS2. The van der Waals surface area contributed by atoms with Crippen molar-refractivity contribution in [3.63, 3.8) is 0 Å². The van der Waals surface area contributed by atoms with Gasteiger partial charge in [-0.25, -0.2) is 0 Å². The lowest BCUT2D eigenvalue weighted by Gasteiger charge is -2.38. The molecule has 2 saturated carbocycles. The van der Waals surface area contributed by atoms with E-state index in [1.165, 1.54) is 24.2 Å². The van der Waals surface area contributed by atoms with Crippen molar-refractivity contribution in [1.82, 2.24) is 0 Å². The summed E-state index contributed by atoms with van der Waals surface area (Å²) in [5.41, 5.74) is 2.34. The van der Waals surface area contributed by atoms with E-state index < -0.39 is 0 Å². The van der Waals surface area contributed by atoms with Gasteiger partial charge in [-0.1, -0.05) is 68.0 Å². The van der Waals surface area contributed by atoms with Gasteiger partial charge < -0.3 is 0 Å². The van der Waals surface area contributed by atoms with Crippen molar-refractivity contribution in [3.8, 4) is 0 Å². The molecule has 0 N–H and O–H groups in total. The molecule has 17 heavy (non-hydrogen) atoms. The fourth-order valence-electron chi connectivity index (χ4n) is 3.69. The summed E-state index contributed by atoms with van der Waals surface area (Å²) in [6.07, 6.45) is 17.2. The minimum Gasteiger partial charge on any atom is -0.0983 e. The molecule has 1 aliphatic heterocycles. The smallest absolute Gasteiger partial charge is 0.0749 e. The van der Waals surface area contributed by atoms with Gasteiger partial charge in [0.05, 0.1) is 4.58 Å². The van der Waals surface area contributed by atoms with Crippen LogP contribution < -0.4 is 0 Å². The first-order valence-electron chi connectivity index (χ1n) is 7.51. The highest BCUT2D eigenvalue weighted by Gasteiger charge is 2.36. The first-order valence-corrected chi connectivity index (χ1v) is 11.5. The molecule has 0 amide bonds. The minimum absolute atomic E-state index is 0.384. The topological polar surface area (TPSA) is 0 Å². The molecule has 0 atom stereocenters. The fourth-order valence-corrected chi connectivity index (χ4v) is 10.2. The monoisotopic (exact) mass is 288 g/mol. The summed E-state index contributed by atoms with van der Waals surface area (Å²) in [6, 6.07) is 0. The number of hydrogen-bond donors (Lipinski definition) is 0. The lowest BCUT2D eigenvalue weighted by molar-refractivity contribution is 0.484. The predicted octanol–water partition coefficient (Wildman–Crippen LogP) is 5.85. The predicted molar refractivity (Wildman–Crippen MR) is 84.5 cm³/mol. The molecular weight excluding hydrogens is 263 g/mol. The van der Waals surface area contributed by atoms with Crippen molar-refractivity contribution in [3.05, 3.63) is 0 Å². The molecule has 0 aromatic carbocycles. The van der Waals surface area contributed by atoms with Crippen LogP contribution in [0.2, 0.25) is 0 Å². The fraction of sp³-hybridized carbons (Fsp3) is 1.00. The summed E-state index contributed by atoms with van der Waals surface area (Å²) < 4.78 is 1.02. The van der Waals surface area contributed by atoms with Gasteiger partial charge in [0.25, 0.3) is 0 Å². The van der Waals surface area contributed by atoms with Crippen LogP contribution in [0.1, 0.15) is 64.2 Å². The molecule has 3 rings (SSSR count). The molecule has 3 heteroatoms. The lowest BCUT2D eigenvalue weighted by Crippen LogP contribution is -2.22. The summed E-state index contributed by atoms with van der Waals surface area (Å²) in [5.74, 6) is 0. The van der Waals surface area contributed by atoms with Crippen LogP contribution >= 0.6 is 29.5 Å². The van der Waals surface area contributed by atoms with Crippen LogP contribution in [0.4, 0.5) is 0 Å². The molecule has 3 fully saturated rings. The molecule has 0 radical (unpaired) electrons. The Hall–Kier alpha value is 1.13. The molecule has 0 spiro atoms. The van der Waals surface area contributed by atoms with E-state index in [1.54, 1.807) is 57.5 Å². The summed E-state index contributed by atoms with van der Waals surface area (Å²) in [6.45, 7) is 0. The summed E-state index contributed by atoms with van der Waals surface area (Å²) >= 11 is 0. The normalized spacial score (nSPS) is 28.8. The Kier molecular flexibility index (Phi) is 5.04. The van der Waals surface area contributed by atoms with Crippen molar-refractivity contribution in [2.24, 2.45) is 0 Å². The van der Waals surface area contributed by atoms with Gasteiger partial charge in [0.2, 0.25) is 0 Å². The van der Waals surface area contributed by atoms with Crippen molar-refractivity contribution < 1.29 is 0 Å². The molecule has 0 aromatic heterocycles. The minimum atomic E-state index is 0.384. The van der Waals surface area contributed by atoms with E-state index >= 15 is 0 Å². The maximum atomic E-state index is 2.16. The summed E-state index contributed by atoms with van der Waals surface area (Å²) in [7, 11) is 4.70. The van der Waals surface area contributed by atoms with Crippen LogP contribution in [0.3, 0.4) is 0 Å². The average Bonchev–Trinajstić information content (AvgIpc) is 3.22. The van der Waals surface area contributed by atoms with Gasteiger partial charge in [-0.15, -0.1) is 0 Å². The quantitative estimate of drug-likeness (QED) is 0.361. The zero-order valence-corrected chi connectivity index (χ0v) is 13.3. The zero-order chi connectivity index (χ0) is 11.5. The van der Waals surface area contributed by atoms with Gasteiger partial charge in [0.1, 0.15) is 0 Å². The maximum absolute atomic E-state index is 2.16. The highest BCUT2D eigenvalue weighted by Crippen LogP contribution is 2.64. The van der Waals surface area contributed by atoms with Gasteiger partial charge >= 0.3 is 0 Å². The Balaban J connectivity index is 1.61. The molecule has 1 heterocycles. The molecule has 1 saturated heterocycles. The number of hydrogen-bond acceptors (Lipinski definition) is 2. The molecule has 2 aliphatic carbocycles. The van der Waals surface area contributed by atoms with E-state index in [-0.39, 0.29) is 0 Å². The Morgan fingerprint density at radius 2 is 1.18 bits per heavy atom. The van der Waals surface area contributed by atoms with E-state index in [2.05, 4.69) is 21.6 Å². The lowest BCUT2D eigenvalue weighted by atomic mass is 9.99. The molecule has 3 aliphatic rings. The largest absolute Gasteiger partial charge is 0.0983 e. The van der Waals surface area contributed by atoms with E-state index in [1.807, 2.05) is 0 Å². The molecule has 98 valence electrons. The van der Waals surface area contributed by atoms with Crippen LogP contribution in [0.25, 0.3) is 0 Å².